The number of carbonyl (C=O) groups excluding carboxylic acids is 1. The van der Waals surface area contributed by atoms with E-state index >= 15 is 0 Å². The van der Waals surface area contributed by atoms with Crippen molar-refractivity contribution in [1.29, 1.82) is 0 Å². The summed E-state index contributed by atoms with van der Waals surface area (Å²) < 4.78 is 13.3. The van der Waals surface area contributed by atoms with Crippen molar-refractivity contribution < 1.29 is 9.18 Å². The average molecular weight is 437 g/mol. The van der Waals surface area contributed by atoms with Crippen LogP contribution in [0.15, 0.2) is 72.1 Å². The molecule has 0 unspecified atom stereocenters. The Bertz CT molecular complexity index is 972. The molecule has 162 valence electrons. The summed E-state index contributed by atoms with van der Waals surface area (Å²) >= 11 is 1.79. The number of carbonyl (C=O) groups is 1. The number of halogens is 1. The zero-order valence-corrected chi connectivity index (χ0v) is 18.9. The van der Waals surface area contributed by atoms with Crippen LogP contribution in [0.2, 0.25) is 0 Å². The van der Waals surface area contributed by atoms with Crippen molar-refractivity contribution in [3.8, 4) is 0 Å². The number of nitrogens with zero attached hydrogens (tertiary/aromatic N) is 2. The summed E-state index contributed by atoms with van der Waals surface area (Å²) in [6, 6.07) is 20.9. The van der Waals surface area contributed by atoms with Gasteiger partial charge in [0.25, 0.3) is 5.91 Å². The topological polar surface area (TPSA) is 23.6 Å². The number of hydrogen-bond donors (Lipinski definition) is 0. The molecule has 1 aliphatic rings. The van der Waals surface area contributed by atoms with Gasteiger partial charge in [0, 0.05) is 48.6 Å². The molecule has 1 aliphatic heterocycles. The van der Waals surface area contributed by atoms with Crippen LogP contribution in [0.5, 0.6) is 0 Å². The van der Waals surface area contributed by atoms with Crippen molar-refractivity contribution in [2.24, 2.45) is 5.92 Å². The van der Waals surface area contributed by atoms with Crippen LogP contribution < -0.4 is 0 Å². The lowest BCUT2D eigenvalue weighted by Crippen LogP contribution is -2.42. The summed E-state index contributed by atoms with van der Waals surface area (Å²) in [5, 5.41) is 2.12. The van der Waals surface area contributed by atoms with E-state index in [0.717, 1.165) is 19.6 Å². The fourth-order valence-electron chi connectivity index (χ4n) is 4.51. The minimum absolute atomic E-state index is 0.0291. The van der Waals surface area contributed by atoms with Gasteiger partial charge in [0.05, 0.1) is 0 Å². The van der Waals surface area contributed by atoms with Crippen LogP contribution >= 0.6 is 11.3 Å². The van der Waals surface area contributed by atoms with E-state index in [1.165, 1.54) is 22.6 Å². The van der Waals surface area contributed by atoms with Crippen LogP contribution in [0.1, 0.15) is 40.6 Å². The predicted octanol–water partition coefficient (Wildman–Crippen LogP) is 5.65. The number of rotatable bonds is 7. The fourth-order valence-corrected chi connectivity index (χ4v) is 5.26. The Morgan fingerprint density at radius 2 is 1.81 bits per heavy atom. The van der Waals surface area contributed by atoms with E-state index in [1.54, 1.807) is 23.5 Å². The molecule has 3 aromatic rings. The van der Waals surface area contributed by atoms with E-state index in [-0.39, 0.29) is 17.8 Å². The van der Waals surface area contributed by atoms with Gasteiger partial charge in [0.1, 0.15) is 5.82 Å². The number of likely N-dealkylation sites (tertiary alicyclic amines) is 1. The molecule has 1 aromatic heterocycles. The molecule has 4 rings (SSSR count). The lowest BCUT2D eigenvalue weighted by atomic mass is 9.88. The Balaban J connectivity index is 1.55. The van der Waals surface area contributed by atoms with E-state index in [1.807, 2.05) is 4.90 Å². The minimum atomic E-state index is -0.322. The maximum absolute atomic E-state index is 13.3. The first-order valence-electron chi connectivity index (χ1n) is 10.9. The fraction of sp³-hybridized carbons (Fsp3) is 0.346. The molecule has 1 fully saturated rings. The molecule has 0 bridgehead atoms. The summed E-state index contributed by atoms with van der Waals surface area (Å²) in [7, 11) is 0. The Morgan fingerprint density at radius 1 is 1.06 bits per heavy atom. The van der Waals surface area contributed by atoms with Crippen LogP contribution in [0, 0.1) is 11.7 Å². The lowest BCUT2D eigenvalue weighted by Gasteiger charge is -2.32. The maximum Gasteiger partial charge on any atom is 0.254 e. The molecule has 5 heteroatoms. The van der Waals surface area contributed by atoms with Crippen LogP contribution in [-0.4, -0.2) is 41.4 Å². The van der Waals surface area contributed by atoms with Crippen molar-refractivity contribution in [3.63, 3.8) is 0 Å². The number of amides is 1. The third-order valence-electron chi connectivity index (χ3n) is 6.11. The molecule has 31 heavy (non-hydrogen) atoms. The second-order valence-corrected chi connectivity index (χ2v) is 9.64. The van der Waals surface area contributed by atoms with Gasteiger partial charge in [-0.3, -0.25) is 9.69 Å². The highest BCUT2D eigenvalue weighted by molar-refractivity contribution is 7.09. The molecular weight excluding hydrogens is 407 g/mol. The number of benzene rings is 2. The highest BCUT2D eigenvalue weighted by Crippen LogP contribution is 2.35. The zero-order valence-electron chi connectivity index (χ0n) is 18.1. The Morgan fingerprint density at radius 3 is 2.45 bits per heavy atom. The molecule has 0 spiro atoms. The molecule has 2 aromatic carbocycles. The summed E-state index contributed by atoms with van der Waals surface area (Å²) in [5.41, 5.74) is 1.87. The molecule has 2 atom stereocenters. The van der Waals surface area contributed by atoms with E-state index in [9.17, 15) is 9.18 Å². The summed E-state index contributed by atoms with van der Waals surface area (Å²) in [6.07, 6.45) is 0. The van der Waals surface area contributed by atoms with Gasteiger partial charge in [-0.25, -0.2) is 4.39 Å². The molecule has 1 saturated heterocycles. The second-order valence-electron chi connectivity index (χ2n) is 8.61. The van der Waals surface area contributed by atoms with E-state index in [4.69, 9.17) is 0 Å². The summed E-state index contributed by atoms with van der Waals surface area (Å²) in [4.78, 5) is 19.1. The van der Waals surface area contributed by atoms with Crippen LogP contribution in [0.3, 0.4) is 0 Å². The molecule has 3 nitrogen and oxygen atoms in total. The quantitative estimate of drug-likeness (QED) is 0.478. The summed E-state index contributed by atoms with van der Waals surface area (Å²) in [6.45, 7) is 7.69. The first-order valence-corrected chi connectivity index (χ1v) is 11.8. The Labute approximate surface area is 188 Å². The van der Waals surface area contributed by atoms with Gasteiger partial charge in [0.2, 0.25) is 0 Å². The maximum atomic E-state index is 13.3. The normalized spacial score (nSPS) is 19.1. The minimum Gasteiger partial charge on any atom is -0.336 e. The Hall–Kier alpha value is -2.50. The van der Waals surface area contributed by atoms with Gasteiger partial charge in [0.15, 0.2) is 0 Å². The average Bonchev–Trinajstić information content (AvgIpc) is 3.42. The molecule has 0 saturated carbocycles. The molecule has 0 N–H and O–H groups in total. The third kappa shape index (κ3) is 5.23. The van der Waals surface area contributed by atoms with E-state index < -0.39 is 0 Å². The largest absolute Gasteiger partial charge is 0.336 e. The highest BCUT2D eigenvalue weighted by atomic mass is 32.1. The molecule has 0 aliphatic carbocycles. The monoisotopic (exact) mass is 436 g/mol. The van der Waals surface area contributed by atoms with Crippen molar-refractivity contribution in [2.45, 2.75) is 32.4 Å². The van der Waals surface area contributed by atoms with Crippen LogP contribution in [0.25, 0.3) is 0 Å². The van der Waals surface area contributed by atoms with Crippen molar-refractivity contribution >= 4 is 17.2 Å². The smallest absolute Gasteiger partial charge is 0.254 e. The molecule has 2 heterocycles. The van der Waals surface area contributed by atoms with Gasteiger partial charge in [-0.1, -0.05) is 36.4 Å². The van der Waals surface area contributed by atoms with Crippen molar-refractivity contribution in [2.75, 3.05) is 19.6 Å². The van der Waals surface area contributed by atoms with Crippen LogP contribution in [0.4, 0.5) is 4.39 Å². The van der Waals surface area contributed by atoms with E-state index in [2.05, 4.69) is 66.6 Å². The van der Waals surface area contributed by atoms with Gasteiger partial charge in [-0.15, -0.1) is 11.3 Å². The van der Waals surface area contributed by atoms with Gasteiger partial charge in [-0.05, 0) is 61.0 Å². The van der Waals surface area contributed by atoms with Gasteiger partial charge < -0.3 is 4.90 Å². The lowest BCUT2D eigenvalue weighted by molar-refractivity contribution is 0.0668. The predicted molar refractivity (Wildman–Crippen MR) is 125 cm³/mol. The number of hydrogen-bond acceptors (Lipinski definition) is 3. The van der Waals surface area contributed by atoms with Gasteiger partial charge in [-0.2, -0.15) is 0 Å². The Kier molecular flexibility index (Phi) is 6.83. The third-order valence-corrected chi connectivity index (χ3v) is 6.97. The summed E-state index contributed by atoms with van der Waals surface area (Å²) in [5.74, 6) is 0.368. The van der Waals surface area contributed by atoms with Crippen LogP contribution in [-0.2, 0) is 6.54 Å². The van der Waals surface area contributed by atoms with Gasteiger partial charge >= 0.3 is 0 Å². The first kappa shape index (κ1) is 21.7. The highest BCUT2D eigenvalue weighted by Gasteiger charge is 2.36. The van der Waals surface area contributed by atoms with Crippen molar-refractivity contribution in [1.82, 2.24) is 9.80 Å². The second kappa shape index (κ2) is 9.75. The molecule has 1 amide bonds. The number of thiophene rings is 1. The molecule has 0 radical (unpaired) electrons. The van der Waals surface area contributed by atoms with E-state index in [0.29, 0.717) is 23.9 Å². The van der Waals surface area contributed by atoms with Crippen molar-refractivity contribution in [3.05, 3.63) is 93.9 Å². The standard InChI is InChI=1S/C26H29FN2OS/c1-19(2)29(26(30)21-10-12-23(27)13-11-21)16-22-15-28(17-24-9-6-14-31-24)18-25(22)20-7-4-3-5-8-20/h3-14,19,22,25H,15-18H2,1-2H3/t22-,25+/m1/s1. The zero-order chi connectivity index (χ0) is 21.8. The first-order chi connectivity index (χ1) is 15.0. The SMILES string of the molecule is CC(C)N(C[C@H]1CN(Cc2cccs2)C[C@H]1c1ccccc1)C(=O)c1ccc(F)cc1. The molecular formula is C26H29FN2OS.